The van der Waals surface area contributed by atoms with Crippen molar-refractivity contribution in [1.82, 2.24) is 0 Å². The average molecular weight is 277 g/mol. The molecule has 1 aliphatic rings. The Bertz CT molecular complexity index is 740. The first-order valence-electron chi connectivity index (χ1n) is 6.87. The van der Waals surface area contributed by atoms with E-state index < -0.39 is 0 Å². The smallest absolute Gasteiger partial charge is 0.232 e. The summed E-state index contributed by atoms with van der Waals surface area (Å²) >= 11 is 0. The zero-order valence-electron chi connectivity index (χ0n) is 11.5. The van der Waals surface area contributed by atoms with E-state index in [1.54, 1.807) is 0 Å². The third-order valence-electron chi connectivity index (χ3n) is 3.66. The SMILES string of the molecule is O=C(Nc1ccccc1C#CCO)C1Cc2ccccc21. The molecule has 0 radical (unpaired) electrons. The van der Waals surface area contributed by atoms with Gasteiger partial charge in [0, 0.05) is 5.56 Å². The van der Waals surface area contributed by atoms with Crippen LogP contribution < -0.4 is 5.32 Å². The van der Waals surface area contributed by atoms with Gasteiger partial charge in [-0.2, -0.15) is 0 Å². The third-order valence-corrected chi connectivity index (χ3v) is 3.66. The minimum atomic E-state index is -0.196. The predicted octanol–water partition coefficient (Wildman–Crippen LogP) is 2.31. The average Bonchev–Trinajstić information content (AvgIpc) is 2.47. The molecule has 2 N–H and O–H groups in total. The Morgan fingerprint density at radius 1 is 1.19 bits per heavy atom. The van der Waals surface area contributed by atoms with Crippen LogP contribution in [0.2, 0.25) is 0 Å². The van der Waals surface area contributed by atoms with Crippen LogP contribution in [0.1, 0.15) is 22.6 Å². The van der Waals surface area contributed by atoms with E-state index in [9.17, 15) is 4.79 Å². The fourth-order valence-corrected chi connectivity index (χ4v) is 2.55. The van der Waals surface area contributed by atoms with Crippen LogP contribution in [0.4, 0.5) is 5.69 Å². The number of hydrogen-bond donors (Lipinski definition) is 2. The summed E-state index contributed by atoms with van der Waals surface area (Å²) in [5, 5.41) is 11.7. The zero-order chi connectivity index (χ0) is 14.7. The fourth-order valence-electron chi connectivity index (χ4n) is 2.55. The van der Waals surface area contributed by atoms with Gasteiger partial charge < -0.3 is 10.4 Å². The maximum Gasteiger partial charge on any atom is 0.232 e. The number of nitrogens with one attached hydrogen (secondary N) is 1. The Kier molecular flexibility index (Phi) is 3.72. The summed E-state index contributed by atoms with van der Waals surface area (Å²) in [4.78, 5) is 12.4. The lowest BCUT2D eigenvalue weighted by molar-refractivity contribution is -0.118. The van der Waals surface area contributed by atoms with Crippen LogP contribution in [-0.4, -0.2) is 17.6 Å². The Morgan fingerprint density at radius 3 is 2.76 bits per heavy atom. The number of aliphatic hydroxyl groups excluding tert-OH is 1. The molecular weight excluding hydrogens is 262 g/mol. The summed E-state index contributed by atoms with van der Waals surface area (Å²) < 4.78 is 0. The number of para-hydroxylation sites is 1. The van der Waals surface area contributed by atoms with E-state index >= 15 is 0 Å². The van der Waals surface area contributed by atoms with Crippen molar-refractivity contribution in [2.75, 3.05) is 11.9 Å². The summed E-state index contributed by atoms with van der Waals surface area (Å²) in [5.74, 6) is 5.36. The Labute approximate surface area is 123 Å². The molecule has 3 rings (SSSR count). The van der Waals surface area contributed by atoms with Gasteiger partial charge in [-0.1, -0.05) is 48.2 Å². The molecule has 0 heterocycles. The van der Waals surface area contributed by atoms with Crippen molar-refractivity contribution >= 4 is 11.6 Å². The summed E-state index contributed by atoms with van der Waals surface area (Å²) in [5.41, 5.74) is 3.75. The number of hydrogen-bond acceptors (Lipinski definition) is 2. The van der Waals surface area contributed by atoms with Crippen molar-refractivity contribution in [1.29, 1.82) is 0 Å². The largest absolute Gasteiger partial charge is 0.384 e. The molecular formula is C18H15NO2. The Hall–Kier alpha value is -2.57. The molecule has 0 spiro atoms. The van der Waals surface area contributed by atoms with Crippen molar-refractivity contribution in [3.8, 4) is 11.8 Å². The number of carbonyl (C=O) groups excluding carboxylic acids is 1. The number of fused-ring (bicyclic) bond motifs is 1. The topological polar surface area (TPSA) is 49.3 Å². The molecule has 0 aliphatic heterocycles. The molecule has 21 heavy (non-hydrogen) atoms. The first-order chi connectivity index (χ1) is 10.3. The maximum absolute atomic E-state index is 12.4. The van der Waals surface area contributed by atoms with E-state index in [0.29, 0.717) is 11.3 Å². The molecule has 0 saturated heterocycles. The second-order valence-electron chi connectivity index (χ2n) is 4.95. The highest BCUT2D eigenvalue weighted by Gasteiger charge is 2.31. The number of carbonyl (C=O) groups is 1. The summed E-state index contributed by atoms with van der Waals surface area (Å²) in [6.45, 7) is -0.196. The van der Waals surface area contributed by atoms with Crippen molar-refractivity contribution in [2.24, 2.45) is 0 Å². The van der Waals surface area contributed by atoms with E-state index in [1.165, 1.54) is 5.56 Å². The summed E-state index contributed by atoms with van der Waals surface area (Å²) in [6, 6.07) is 15.4. The predicted molar refractivity (Wildman–Crippen MR) is 81.9 cm³/mol. The second-order valence-corrected chi connectivity index (χ2v) is 4.95. The van der Waals surface area contributed by atoms with Gasteiger partial charge in [-0.25, -0.2) is 0 Å². The number of rotatable bonds is 2. The lowest BCUT2D eigenvalue weighted by Crippen LogP contribution is -2.30. The highest BCUT2D eigenvalue weighted by Crippen LogP contribution is 2.35. The van der Waals surface area contributed by atoms with Crippen LogP contribution in [0.25, 0.3) is 0 Å². The fraction of sp³-hybridized carbons (Fsp3) is 0.167. The van der Waals surface area contributed by atoms with Crippen LogP contribution in [0.5, 0.6) is 0 Å². The van der Waals surface area contributed by atoms with Crippen molar-refractivity contribution in [3.05, 3.63) is 65.2 Å². The quantitative estimate of drug-likeness (QED) is 0.828. The lowest BCUT2D eigenvalue weighted by atomic mass is 9.77. The molecule has 0 bridgehead atoms. The van der Waals surface area contributed by atoms with Gasteiger partial charge in [0.15, 0.2) is 0 Å². The van der Waals surface area contributed by atoms with E-state index in [4.69, 9.17) is 5.11 Å². The van der Waals surface area contributed by atoms with Crippen LogP contribution >= 0.6 is 0 Å². The third kappa shape index (κ3) is 2.67. The van der Waals surface area contributed by atoms with Crippen molar-refractivity contribution < 1.29 is 9.90 Å². The summed E-state index contributed by atoms with van der Waals surface area (Å²) in [6.07, 6.45) is 0.784. The maximum atomic E-state index is 12.4. The standard InChI is InChI=1S/C18H15NO2/c20-11-5-8-13-6-2-4-10-17(13)19-18(21)16-12-14-7-1-3-9-15(14)16/h1-4,6-7,9-10,16,20H,11-12H2,(H,19,21). The normalized spacial score (nSPS) is 15.2. The van der Waals surface area contributed by atoms with Gasteiger partial charge in [-0.05, 0) is 29.7 Å². The first kappa shape index (κ1) is 13.4. The van der Waals surface area contributed by atoms with Gasteiger partial charge in [-0.15, -0.1) is 0 Å². The van der Waals surface area contributed by atoms with Crippen LogP contribution in [-0.2, 0) is 11.2 Å². The molecule has 0 saturated carbocycles. The zero-order valence-corrected chi connectivity index (χ0v) is 11.5. The molecule has 104 valence electrons. The van der Waals surface area contributed by atoms with Gasteiger partial charge in [0.05, 0.1) is 11.6 Å². The monoisotopic (exact) mass is 277 g/mol. The molecule has 1 amide bonds. The van der Waals surface area contributed by atoms with Crippen LogP contribution in [0.15, 0.2) is 48.5 Å². The number of amides is 1. The van der Waals surface area contributed by atoms with Gasteiger partial charge in [0.2, 0.25) is 5.91 Å². The molecule has 1 atom stereocenters. The van der Waals surface area contributed by atoms with Crippen molar-refractivity contribution in [3.63, 3.8) is 0 Å². The van der Waals surface area contributed by atoms with E-state index in [0.717, 1.165) is 12.0 Å². The minimum Gasteiger partial charge on any atom is -0.384 e. The van der Waals surface area contributed by atoms with Crippen LogP contribution in [0, 0.1) is 11.8 Å². The number of benzene rings is 2. The van der Waals surface area contributed by atoms with Crippen molar-refractivity contribution in [2.45, 2.75) is 12.3 Å². The molecule has 1 aliphatic carbocycles. The number of anilines is 1. The molecule has 1 unspecified atom stereocenters. The van der Waals surface area contributed by atoms with E-state index in [2.05, 4.69) is 23.2 Å². The van der Waals surface area contributed by atoms with Gasteiger partial charge in [0.25, 0.3) is 0 Å². The Balaban J connectivity index is 1.78. The van der Waals surface area contributed by atoms with E-state index in [-0.39, 0.29) is 18.4 Å². The molecule has 0 fully saturated rings. The van der Waals surface area contributed by atoms with Gasteiger partial charge in [0.1, 0.15) is 6.61 Å². The number of aliphatic hydroxyl groups is 1. The van der Waals surface area contributed by atoms with E-state index in [1.807, 2.05) is 42.5 Å². The first-order valence-corrected chi connectivity index (χ1v) is 6.87. The van der Waals surface area contributed by atoms with Gasteiger partial charge in [-0.3, -0.25) is 4.79 Å². The van der Waals surface area contributed by atoms with Crippen LogP contribution in [0.3, 0.4) is 0 Å². The molecule has 3 heteroatoms. The highest BCUT2D eigenvalue weighted by molar-refractivity contribution is 5.98. The Morgan fingerprint density at radius 2 is 1.95 bits per heavy atom. The highest BCUT2D eigenvalue weighted by atomic mass is 16.2. The second kappa shape index (κ2) is 5.82. The van der Waals surface area contributed by atoms with Gasteiger partial charge >= 0.3 is 0 Å². The molecule has 2 aromatic rings. The minimum absolute atomic E-state index is 0.00746. The molecule has 0 aromatic heterocycles. The summed E-state index contributed by atoms with van der Waals surface area (Å²) in [7, 11) is 0. The lowest BCUT2D eigenvalue weighted by Gasteiger charge is -2.29. The molecule has 3 nitrogen and oxygen atoms in total. The molecule has 2 aromatic carbocycles.